The summed E-state index contributed by atoms with van der Waals surface area (Å²) in [5, 5.41) is 8.59. The first-order chi connectivity index (χ1) is 12.0. The summed E-state index contributed by atoms with van der Waals surface area (Å²) in [5.74, 6) is 0.756. The van der Waals surface area contributed by atoms with Gasteiger partial charge in [0.1, 0.15) is 5.82 Å². The molecule has 4 rings (SSSR count). The molecule has 0 radical (unpaired) electrons. The number of halogens is 1. The fraction of sp³-hybridized carbons (Fsp3) is 0.333. The number of nitrogens with two attached hydrogens (primary N) is 1. The van der Waals surface area contributed by atoms with E-state index in [0.29, 0.717) is 18.0 Å². The van der Waals surface area contributed by atoms with Crippen molar-refractivity contribution in [1.29, 1.82) is 0 Å². The number of anilines is 1. The maximum atomic E-state index is 11.6. The van der Waals surface area contributed by atoms with Gasteiger partial charge in [0.05, 0.1) is 22.6 Å². The summed E-state index contributed by atoms with van der Waals surface area (Å²) in [6.45, 7) is 1.40. The smallest absolute Gasteiger partial charge is 0.215 e. The van der Waals surface area contributed by atoms with Crippen LogP contribution >= 0.6 is 15.9 Å². The Labute approximate surface area is 153 Å². The molecule has 0 aliphatic carbocycles. The van der Waals surface area contributed by atoms with Crippen molar-refractivity contribution in [3.05, 3.63) is 28.8 Å². The summed E-state index contributed by atoms with van der Waals surface area (Å²) in [7, 11) is 3.47. The van der Waals surface area contributed by atoms with E-state index < -0.39 is 0 Å². The van der Waals surface area contributed by atoms with Crippen molar-refractivity contribution in [1.82, 2.24) is 29.3 Å². The minimum absolute atomic E-state index is 0.0908. The van der Waals surface area contributed by atoms with Gasteiger partial charge in [-0.1, -0.05) is 0 Å². The Balaban J connectivity index is 1.83. The van der Waals surface area contributed by atoms with E-state index in [1.54, 1.807) is 29.4 Å². The van der Waals surface area contributed by atoms with E-state index >= 15 is 0 Å². The Kier molecular flexibility index (Phi) is 3.79. The number of nitrogens with zero attached hydrogens (tertiary/aromatic N) is 6. The molecule has 1 amide bonds. The van der Waals surface area contributed by atoms with E-state index in [4.69, 9.17) is 10.7 Å². The summed E-state index contributed by atoms with van der Waals surface area (Å²) in [6, 6.07) is 0. The molecule has 0 bridgehead atoms. The number of rotatable bonds is 2. The highest BCUT2D eigenvalue weighted by Crippen LogP contribution is 2.36. The van der Waals surface area contributed by atoms with E-state index in [0.717, 1.165) is 34.3 Å². The minimum Gasteiger partial charge on any atom is -0.383 e. The Morgan fingerprint density at radius 2 is 2.20 bits per heavy atom. The highest BCUT2D eigenvalue weighted by atomic mass is 79.9. The molecule has 0 spiro atoms. The second-order valence-electron chi connectivity index (χ2n) is 6.34. The number of aromatic nitrogens is 5. The first-order valence-electron chi connectivity index (χ1n) is 8.03. The minimum atomic E-state index is 0.0908. The third-order valence-electron chi connectivity index (χ3n) is 4.68. The van der Waals surface area contributed by atoms with E-state index in [1.807, 2.05) is 18.1 Å². The maximum Gasteiger partial charge on any atom is 0.215 e. The topological polar surface area (TPSA) is 94.3 Å². The summed E-state index contributed by atoms with van der Waals surface area (Å²) in [5.41, 5.74) is 9.69. The zero-order valence-corrected chi connectivity index (χ0v) is 15.6. The molecule has 1 aliphatic rings. The number of amides is 1. The van der Waals surface area contributed by atoms with Gasteiger partial charge < -0.3 is 10.6 Å². The number of carbonyl (C=O) groups is 1. The molecule has 1 aliphatic heterocycles. The lowest BCUT2D eigenvalue weighted by molar-refractivity contribution is 0.231. The van der Waals surface area contributed by atoms with E-state index in [-0.39, 0.29) is 11.7 Å². The predicted octanol–water partition coefficient (Wildman–Crippen LogP) is 1.02. The second-order valence-corrected chi connectivity index (χ2v) is 7.14. The molecule has 2 N–H and O–H groups in total. The number of likely N-dealkylation sites (tertiary alicyclic amines) is 1. The number of nitrogen functional groups attached to an aromatic ring is 1. The second kappa shape index (κ2) is 5.87. The van der Waals surface area contributed by atoms with Crippen LogP contribution in [0.1, 0.15) is 18.0 Å². The highest BCUT2D eigenvalue weighted by molar-refractivity contribution is 9.10. The summed E-state index contributed by atoms with van der Waals surface area (Å²) in [4.78, 5) is 18.3. The van der Waals surface area contributed by atoms with Crippen LogP contribution in [0.25, 0.3) is 16.8 Å². The summed E-state index contributed by atoms with van der Waals surface area (Å²) < 4.78 is 4.12. The zero-order chi connectivity index (χ0) is 17.7. The fourth-order valence-corrected chi connectivity index (χ4v) is 3.90. The van der Waals surface area contributed by atoms with Gasteiger partial charge in [-0.2, -0.15) is 14.7 Å². The van der Waals surface area contributed by atoms with Crippen molar-refractivity contribution >= 4 is 41.0 Å². The normalized spacial score (nSPS) is 17.5. The molecule has 128 valence electrons. The molecular formula is C15H17BBrN7O. The zero-order valence-electron chi connectivity index (χ0n) is 14.0. The molecule has 1 unspecified atom stereocenters. The Morgan fingerprint density at radius 1 is 1.40 bits per heavy atom. The van der Waals surface area contributed by atoms with Crippen LogP contribution in [0.2, 0.25) is 0 Å². The Morgan fingerprint density at radius 3 is 2.84 bits per heavy atom. The van der Waals surface area contributed by atoms with E-state index in [1.165, 1.54) is 0 Å². The van der Waals surface area contributed by atoms with Crippen LogP contribution in [0, 0.1) is 0 Å². The van der Waals surface area contributed by atoms with Crippen LogP contribution < -0.4 is 5.73 Å². The van der Waals surface area contributed by atoms with Crippen molar-refractivity contribution < 1.29 is 4.79 Å². The number of fused-ring (bicyclic) bond motifs is 1. The van der Waals surface area contributed by atoms with Gasteiger partial charge in [0.25, 0.3) is 0 Å². The first-order valence-corrected chi connectivity index (χ1v) is 8.82. The standard InChI is InChI=1S/C15H17BBrN7O/c1-22-6-9(4-19-22)10-5-20-24-13(18)11(17)12(21-14(10)24)8-2-3-23(7-8)15(16)25/h4-6,8H,2-3,7,16,18H2,1H3. The maximum absolute atomic E-state index is 11.6. The van der Waals surface area contributed by atoms with Gasteiger partial charge in [-0.15, -0.1) is 0 Å². The van der Waals surface area contributed by atoms with Crippen LogP contribution in [0.15, 0.2) is 23.1 Å². The third kappa shape index (κ3) is 2.60. The van der Waals surface area contributed by atoms with Crippen molar-refractivity contribution in [2.45, 2.75) is 12.3 Å². The quantitative estimate of drug-likeness (QED) is 0.647. The largest absolute Gasteiger partial charge is 0.383 e. The number of aryl methyl sites for hydroxylation is 1. The molecule has 0 saturated carbocycles. The fourth-order valence-electron chi connectivity index (χ4n) is 3.32. The van der Waals surface area contributed by atoms with Gasteiger partial charge in [0.2, 0.25) is 7.85 Å². The van der Waals surface area contributed by atoms with Gasteiger partial charge >= 0.3 is 0 Å². The van der Waals surface area contributed by atoms with E-state index in [2.05, 4.69) is 26.1 Å². The van der Waals surface area contributed by atoms with Crippen LogP contribution in [0.5, 0.6) is 0 Å². The van der Waals surface area contributed by atoms with Gasteiger partial charge in [-0.25, -0.2) is 4.98 Å². The predicted molar refractivity (Wildman–Crippen MR) is 100 cm³/mol. The summed E-state index contributed by atoms with van der Waals surface area (Å²) >= 11 is 3.57. The molecule has 25 heavy (non-hydrogen) atoms. The lowest BCUT2D eigenvalue weighted by Crippen LogP contribution is -2.27. The van der Waals surface area contributed by atoms with Crippen LogP contribution in [-0.4, -0.2) is 56.0 Å². The van der Waals surface area contributed by atoms with Crippen molar-refractivity contribution in [3.63, 3.8) is 0 Å². The van der Waals surface area contributed by atoms with E-state index in [9.17, 15) is 4.79 Å². The average Bonchev–Trinajstić information content (AvgIpc) is 3.29. The molecular weight excluding hydrogens is 385 g/mol. The molecule has 1 fully saturated rings. The van der Waals surface area contributed by atoms with Crippen LogP contribution in [0.4, 0.5) is 10.6 Å². The lowest BCUT2D eigenvalue weighted by Gasteiger charge is -2.16. The average molecular weight is 402 g/mol. The number of hydrogen-bond acceptors (Lipinski definition) is 5. The van der Waals surface area contributed by atoms with Crippen molar-refractivity contribution in [3.8, 4) is 11.1 Å². The van der Waals surface area contributed by atoms with Gasteiger partial charge in [0, 0.05) is 43.4 Å². The Bertz CT molecular complexity index is 982. The summed E-state index contributed by atoms with van der Waals surface area (Å²) in [6.07, 6.45) is 6.33. The first kappa shape index (κ1) is 16.1. The SMILES string of the molecule is BC(=O)N1CCC(c2nc3c(-c4cnn(C)c4)cnn3c(N)c2Br)C1. The monoisotopic (exact) mass is 401 g/mol. The molecule has 0 aromatic carbocycles. The highest BCUT2D eigenvalue weighted by Gasteiger charge is 2.29. The Hall–Kier alpha value is -2.36. The molecule has 1 atom stereocenters. The van der Waals surface area contributed by atoms with Crippen LogP contribution in [0.3, 0.4) is 0 Å². The molecule has 3 aromatic rings. The lowest BCUT2D eigenvalue weighted by atomic mass is 10.0. The molecule has 8 nitrogen and oxygen atoms in total. The van der Waals surface area contributed by atoms with Crippen LogP contribution in [-0.2, 0) is 7.05 Å². The number of hydrogen-bond donors (Lipinski definition) is 1. The van der Waals surface area contributed by atoms with Gasteiger partial charge in [-0.3, -0.25) is 9.48 Å². The molecule has 4 heterocycles. The van der Waals surface area contributed by atoms with Gasteiger partial charge in [-0.05, 0) is 22.4 Å². The van der Waals surface area contributed by atoms with Gasteiger partial charge in [0.15, 0.2) is 11.5 Å². The molecule has 3 aromatic heterocycles. The third-order valence-corrected chi connectivity index (χ3v) is 5.50. The van der Waals surface area contributed by atoms with Crippen molar-refractivity contribution in [2.75, 3.05) is 18.8 Å². The number of carbonyl (C=O) groups excluding carboxylic acids is 1. The van der Waals surface area contributed by atoms with Crippen molar-refractivity contribution in [2.24, 2.45) is 7.05 Å². The molecule has 10 heteroatoms. The molecule has 1 saturated heterocycles.